The minimum atomic E-state index is 0.388. The van der Waals surface area contributed by atoms with Crippen LogP contribution in [0.4, 0.5) is 5.69 Å². The summed E-state index contributed by atoms with van der Waals surface area (Å²) in [6.45, 7) is 2.27. The van der Waals surface area contributed by atoms with Crippen molar-refractivity contribution in [3.05, 3.63) is 41.2 Å². The van der Waals surface area contributed by atoms with Crippen LogP contribution < -0.4 is 16.2 Å². The second-order valence-corrected chi connectivity index (χ2v) is 4.19. The van der Waals surface area contributed by atoms with Crippen LogP contribution in [-0.2, 0) is 13.6 Å². The predicted octanol–water partition coefficient (Wildman–Crippen LogP) is 1.34. The fraction of sp³-hybridized carbons (Fsp3) is 0.286. The van der Waals surface area contributed by atoms with E-state index < -0.39 is 0 Å². The van der Waals surface area contributed by atoms with Crippen LogP contribution in [0.2, 0.25) is 0 Å². The second kappa shape index (κ2) is 7.16. The molecule has 2 rings (SSSR count). The van der Waals surface area contributed by atoms with E-state index in [1.165, 1.54) is 0 Å². The quantitative estimate of drug-likeness (QED) is 0.859. The first-order chi connectivity index (χ1) is 9.51. The molecule has 0 aliphatic carbocycles. The molecule has 0 saturated carbocycles. The second-order valence-electron chi connectivity index (χ2n) is 4.19. The largest absolute Gasteiger partial charge is 0.496 e. The molecule has 1 aromatic carbocycles. The maximum absolute atomic E-state index is 8.59. The molecule has 20 heavy (non-hydrogen) atoms. The van der Waals surface area contributed by atoms with E-state index in [1.54, 1.807) is 36.2 Å². The number of anilines is 1. The fourth-order valence-corrected chi connectivity index (χ4v) is 1.63. The highest BCUT2D eigenvalue weighted by atomic mass is 16.5. The van der Waals surface area contributed by atoms with Gasteiger partial charge in [-0.05, 0) is 25.1 Å². The molecule has 0 radical (unpaired) electrons. The maximum atomic E-state index is 8.59. The Balaban J connectivity index is 0.000000217. The Morgan fingerprint density at radius 2 is 2.15 bits per heavy atom. The number of benzene rings is 1. The predicted molar refractivity (Wildman–Crippen MR) is 78.0 cm³/mol. The molecule has 0 unspecified atom stereocenters. The van der Waals surface area contributed by atoms with Gasteiger partial charge in [-0.3, -0.25) is 4.68 Å². The van der Waals surface area contributed by atoms with Crippen LogP contribution in [-0.4, -0.2) is 16.9 Å². The molecule has 2 aromatic rings. The molecule has 0 spiro atoms. The lowest BCUT2D eigenvalue weighted by molar-refractivity contribution is 0.410. The zero-order valence-electron chi connectivity index (χ0n) is 11.9. The summed E-state index contributed by atoms with van der Waals surface area (Å²) in [7, 11) is 3.43. The van der Waals surface area contributed by atoms with Crippen LogP contribution in [0.25, 0.3) is 0 Å². The Bertz CT molecular complexity index is 593. The molecular weight excluding hydrogens is 254 g/mol. The first-order valence-corrected chi connectivity index (χ1v) is 6.04. The standard InChI is InChI=1S/C9H10N2O.C5H9N3/c1-12-9-3-2-7(5-10)4-8(9)6-11;1-4-5(6)3-8(2)7-4/h2-4H,6,11H2,1H3;3H,6H2,1-2H3. The van der Waals surface area contributed by atoms with E-state index in [2.05, 4.69) is 5.10 Å². The summed E-state index contributed by atoms with van der Waals surface area (Å²) in [6.07, 6.45) is 1.79. The highest BCUT2D eigenvalue weighted by Crippen LogP contribution is 2.18. The summed E-state index contributed by atoms with van der Waals surface area (Å²) in [5.74, 6) is 0.733. The molecule has 6 heteroatoms. The van der Waals surface area contributed by atoms with Gasteiger partial charge in [0.15, 0.2) is 0 Å². The van der Waals surface area contributed by atoms with Crippen molar-refractivity contribution in [1.82, 2.24) is 9.78 Å². The average molecular weight is 273 g/mol. The van der Waals surface area contributed by atoms with Crippen LogP contribution in [0.3, 0.4) is 0 Å². The van der Waals surface area contributed by atoms with Crippen LogP contribution in [0, 0.1) is 18.3 Å². The lowest BCUT2D eigenvalue weighted by atomic mass is 10.1. The number of nitriles is 1. The summed E-state index contributed by atoms with van der Waals surface area (Å²) in [4.78, 5) is 0. The van der Waals surface area contributed by atoms with Crippen molar-refractivity contribution in [2.45, 2.75) is 13.5 Å². The lowest BCUT2D eigenvalue weighted by Crippen LogP contribution is -2.00. The SMILES string of the molecule is COc1ccc(C#N)cc1CN.Cc1nn(C)cc1N. The number of methoxy groups -OCH3 is 1. The van der Waals surface area contributed by atoms with Crippen LogP contribution >= 0.6 is 0 Å². The number of ether oxygens (including phenoxy) is 1. The van der Waals surface area contributed by atoms with E-state index in [4.69, 9.17) is 21.5 Å². The van der Waals surface area contributed by atoms with Crippen molar-refractivity contribution in [2.75, 3.05) is 12.8 Å². The molecule has 6 nitrogen and oxygen atoms in total. The number of hydrogen-bond donors (Lipinski definition) is 2. The Morgan fingerprint density at radius 1 is 1.45 bits per heavy atom. The van der Waals surface area contributed by atoms with E-state index >= 15 is 0 Å². The molecule has 1 heterocycles. The Labute approximate surface area is 118 Å². The number of rotatable bonds is 2. The van der Waals surface area contributed by atoms with E-state index in [-0.39, 0.29) is 0 Å². The maximum Gasteiger partial charge on any atom is 0.123 e. The number of aromatic nitrogens is 2. The van der Waals surface area contributed by atoms with Gasteiger partial charge in [0.1, 0.15) is 5.75 Å². The molecule has 1 aromatic heterocycles. The molecule has 0 fully saturated rings. The molecule has 4 N–H and O–H groups in total. The van der Waals surface area contributed by atoms with E-state index in [0.717, 1.165) is 22.7 Å². The van der Waals surface area contributed by atoms with Gasteiger partial charge in [-0.15, -0.1) is 0 Å². The summed E-state index contributed by atoms with van der Waals surface area (Å²) < 4.78 is 6.75. The van der Waals surface area contributed by atoms with Crippen molar-refractivity contribution in [1.29, 1.82) is 5.26 Å². The third-order valence-corrected chi connectivity index (χ3v) is 2.68. The van der Waals surface area contributed by atoms with Crippen molar-refractivity contribution in [2.24, 2.45) is 12.8 Å². The highest BCUT2D eigenvalue weighted by molar-refractivity contribution is 5.41. The molecular formula is C14H19N5O. The fourth-order valence-electron chi connectivity index (χ4n) is 1.63. The Hall–Kier alpha value is -2.52. The first-order valence-electron chi connectivity index (χ1n) is 6.04. The smallest absolute Gasteiger partial charge is 0.123 e. The minimum Gasteiger partial charge on any atom is -0.496 e. The van der Waals surface area contributed by atoms with Gasteiger partial charge in [-0.25, -0.2) is 0 Å². The number of nitrogens with two attached hydrogens (primary N) is 2. The van der Waals surface area contributed by atoms with Crippen LogP contribution in [0.15, 0.2) is 24.4 Å². The monoisotopic (exact) mass is 273 g/mol. The zero-order chi connectivity index (χ0) is 15.1. The molecule has 0 atom stereocenters. The van der Waals surface area contributed by atoms with E-state index in [1.807, 2.05) is 20.0 Å². The molecule has 0 saturated heterocycles. The third kappa shape index (κ3) is 4.00. The van der Waals surface area contributed by atoms with Crippen molar-refractivity contribution in [3.8, 4) is 11.8 Å². The minimum absolute atomic E-state index is 0.388. The zero-order valence-corrected chi connectivity index (χ0v) is 11.9. The normalized spacial score (nSPS) is 9.35. The third-order valence-electron chi connectivity index (χ3n) is 2.68. The van der Waals surface area contributed by atoms with Gasteiger partial charge in [0.2, 0.25) is 0 Å². The van der Waals surface area contributed by atoms with Gasteiger partial charge < -0.3 is 16.2 Å². The average Bonchev–Trinajstić information content (AvgIpc) is 2.75. The molecule has 106 valence electrons. The van der Waals surface area contributed by atoms with Gasteiger partial charge in [-0.2, -0.15) is 10.4 Å². The van der Waals surface area contributed by atoms with Crippen molar-refractivity contribution >= 4 is 5.69 Å². The van der Waals surface area contributed by atoms with Crippen LogP contribution in [0.5, 0.6) is 5.75 Å². The van der Waals surface area contributed by atoms with Crippen molar-refractivity contribution < 1.29 is 4.74 Å². The number of hydrogen-bond acceptors (Lipinski definition) is 5. The van der Waals surface area contributed by atoms with Gasteiger partial charge in [0, 0.05) is 25.4 Å². The number of nitrogens with zero attached hydrogens (tertiary/aromatic N) is 3. The first kappa shape index (κ1) is 15.5. The summed E-state index contributed by atoms with van der Waals surface area (Å²) in [5, 5.41) is 12.6. The van der Waals surface area contributed by atoms with E-state index in [0.29, 0.717) is 12.1 Å². The lowest BCUT2D eigenvalue weighted by Gasteiger charge is -2.05. The Kier molecular flexibility index (Phi) is 5.56. The Morgan fingerprint density at radius 3 is 2.50 bits per heavy atom. The molecule has 0 aliphatic rings. The molecule has 0 amide bonds. The molecule has 0 aliphatic heterocycles. The summed E-state index contributed by atoms with van der Waals surface area (Å²) >= 11 is 0. The van der Waals surface area contributed by atoms with E-state index in [9.17, 15) is 0 Å². The van der Waals surface area contributed by atoms with Gasteiger partial charge in [-0.1, -0.05) is 0 Å². The summed E-state index contributed by atoms with van der Waals surface area (Å²) in [6, 6.07) is 7.23. The van der Waals surface area contributed by atoms with Crippen LogP contribution in [0.1, 0.15) is 16.8 Å². The number of nitrogen functional groups attached to an aromatic ring is 1. The molecule has 0 bridgehead atoms. The topological polar surface area (TPSA) is 103 Å². The van der Waals surface area contributed by atoms with Crippen molar-refractivity contribution in [3.63, 3.8) is 0 Å². The summed E-state index contributed by atoms with van der Waals surface area (Å²) in [5.41, 5.74) is 14.0. The van der Waals surface area contributed by atoms with Gasteiger partial charge in [0.25, 0.3) is 0 Å². The van der Waals surface area contributed by atoms with Gasteiger partial charge >= 0.3 is 0 Å². The highest BCUT2D eigenvalue weighted by Gasteiger charge is 2.01. The number of aryl methyl sites for hydroxylation is 2. The van der Waals surface area contributed by atoms with Gasteiger partial charge in [0.05, 0.1) is 30.1 Å².